The van der Waals surface area contributed by atoms with E-state index >= 15 is 0 Å². The molecular formula is C42H70O35. The highest BCUT2D eigenvalue weighted by molar-refractivity contribution is 5.01. The van der Waals surface area contributed by atoms with Crippen LogP contribution in [-0.4, -0.2) is 368 Å². The molecule has 21 N–H and O–H groups in total. The molecule has 14 bridgehead atoms. The monoisotopic (exact) mass is 1130 g/mol. The van der Waals surface area contributed by atoms with Crippen LogP contribution in [0.1, 0.15) is 0 Å². The van der Waals surface area contributed by atoms with Gasteiger partial charge in [0, 0.05) is 0 Å². The first kappa shape index (κ1) is 61.7. The van der Waals surface area contributed by atoms with Gasteiger partial charge in [0.25, 0.3) is 0 Å². The highest BCUT2D eigenvalue weighted by Crippen LogP contribution is 2.39. The third-order valence-corrected chi connectivity index (χ3v) is 14.8. The van der Waals surface area contributed by atoms with Gasteiger partial charge in [-0.1, -0.05) is 0 Å². The van der Waals surface area contributed by atoms with Gasteiger partial charge < -0.3 is 174 Å². The summed E-state index contributed by atoms with van der Waals surface area (Å²) in [5.74, 6) is 0. The van der Waals surface area contributed by atoms with E-state index in [1.165, 1.54) is 0 Å². The number of rotatable bonds is 7. The van der Waals surface area contributed by atoms with E-state index in [1.54, 1.807) is 0 Å². The zero-order chi connectivity index (χ0) is 56.1. The minimum atomic E-state index is -2.21. The summed E-state index contributed by atoms with van der Waals surface area (Å²) in [6.45, 7) is -7.33. The van der Waals surface area contributed by atoms with Gasteiger partial charge in [0.05, 0.1) is 46.2 Å². The Balaban J connectivity index is 1.08. The first-order chi connectivity index (χ1) is 36.7. The summed E-state index contributed by atoms with van der Waals surface area (Å²) in [5, 5.41) is 230. The largest absolute Gasteiger partial charge is 0.394 e. The Kier molecular flexibility index (Phi) is 20.8. The summed E-state index contributed by atoms with van der Waals surface area (Å²) in [6, 6.07) is 0. The van der Waals surface area contributed by atoms with E-state index in [9.17, 15) is 107 Å². The van der Waals surface area contributed by atoms with E-state index in [0.29, 0.717) is 0 Å². The molecule has 0 saturated carbocycles. The maximum atomic E-state index is 11.3. The van der Waals surface area contributed by atoms with Crippen molar-refractivity contribution in [2.24, 2.45) is 0 Å². The van der Waals surface area contributed by atoms with Crippen LogP contribution < -0.4 is 0 Å². The third-order valence-electron chi connectivity index (χ3n) is 14.8. The smallest absolute Gasteiger partial charge is 0.187 e. The van der Waals surface area contributed by atoms with Crippen molar-refractivity contribution >= 4 is 0 Å². The first-order valence-corrected chi connectivity index (χ1v) is 24.6. The molecule has 21 heterocycles. The molecule has 0 spiro atoms. The van der Waals surface area contributed by atoms with E-state index < -0.39 is 261 Å². The molecule has 21 aliphatic heterocycles. The van der Waals surface area contributed by atoms with Gasteiger partial charge in [0.2, 0.25) is 0 Å². The van der Waals surface area contributed by atoms with Gasteiger partial charge in [-0.3, -0.25) is 0 Å². The number of aliphatic hydroxyl groups is 21. The van der Waals surface area contributed by atoms with E-state index in [1.807, 2.05) is 0 Å². The number of ether oxygens (including phenoxy) is 14. The summed E-state index contributed by atoms with van der Waals surface area (Å²) < 4.78 is 79.5. The van der Waals surface area contributed by atoms with Crippen LogP contribution in [0.25, 0.3) is 0 Å². The average molecular weight is 1130 g/mol. The van der Waals surface area contributed by atoms with Crippen LogP contribution in [0, 0.1) is 0 Å². The molecule has 0 aromatic heterocycles. The molecule has 35 atom stereocenters. The van der Waals surface area contributed by atoms with Crippen molar-refractivity contribution in [3.05, 3.63) is 0 Å². The quantitative estimate of drug-likeness (QED) is 0.113. The Labute approximate surface area is 434 Å². The van der Waals surface area contributed by atoms with Crippen LogP contribution in [0.4, 0.5) is 0 Å². The van der Waals surface area contributed by atoms with Crippen molar-refractivity contribution in [3.63, 3.8) is 0 Å². The minimum absolute atomic E-state index is 1.05. The third kappa shape index (κ3) is 12.1. The fourth-order valence-corrected chi connectivity index (χ4v) is 10.4. The molecule has 21 aliphatic rings. The maximum Gasteiger partial charge on any atom is 0.187 e. The van der Waals surface area contributed by atoms with Crippen LogP contribution in [0.15, 0.2) is 0 Å². The van der Waals surface area contributed by atoms with Gasteiger partial charge in [-0.15, -0.1) is 0 Å². The van der Waals surface area contributed by atoms with Crippen LogP contribution in [0.5, 0.6) is 0 Å². The summed E-state index contributed by atoms with van der Waals surface area (Å²) in [7, 11) is 0. The minimum Gasteiger partial charge on any atom is -0.394 e. The summed E-state index contributed by atoms with van der Waals surface area (Å²) >= 11 is 0. The van der Waals surface area contributed by atoms with Gasteiger partial charge in [0.15, 0.2) is 44.0 Å². The molecule has 21 fully saturated rings. The predicted octanol–water partition coefficient (Wildman–Crippen LogP) is -15.2. The molecule has 448 valence electrons. The van der Waals surface area contributed by atoms with Crippen molar-refractivity contribution in [1.29, 1.82) is 0 Å². The number of hydrogen-bond donors (Lipinski definition) is 21. The molecule has 0 amide bonds. The normalized spacial score (nSPS) is 55.4. The molecule has 21 rings (SSSR count). The maximum absolute atomic E-state index is 11.3. The highest BCUT2D eigenvalue weighted by Gasteiger charge is 2.59. The van der Waals surface area contributed by atoms with E-state index in [-0.39, 0.29) is 0 Å². The predicted molar refractivity (Wildman–Crippen MR) is 228 cm³/mol. The lowest BCUT2D eigenvalue weighted by Crippen LogP contribution is -2.68. The van der Waals surface area contributed by atoms with E-state index in [2.05, 4.69) is 0 Å². The van der Waals surface area contributed by atoms with Gasteiger partial charge in [-0.2, -0.15) is 0 Å². The lowest BCUT2D eigenvalue weighted by molar-refractivity contribution is -0.396. The lowest BCUT2D eigenvalue weighted by atomic mass is 9.95. The fraction of sp³-hybridized carbons (Fsp3) is 1.00. The van der Waals surface area contributed by atoms with Crippen molar-refractivity contribution in [2.75, 3.05) is 46.2 Å². The van der Waals surface area contributed by atoms with E-state index in [0.717, 1.165) is 0 Å². The van der Waals surface area contributed by atoms with Crippen molar-refractivity contribution in [3.8, 4) is 0 Å². The summed E-state index contributed by atoms with van der Waals surface area (Å²) in [6.07, 6.45) is -70.2. The molecule has 0 radical (unpaired) electrons. The standard InChI is InChI=1S/C42H70O35/c43-1-8-29-15(50)22(57)36(64-8)72-30-9(2-44)66-38(24(59)17(30)52)74-32-11(4-46)68-40(26(61)19(32)54)76-34-13(6-48)70-42(28(63)21(34)56)77-35-14(7-49)69-41(27(62)20(35)55)75-33-12(5-47)67-39(25(60)18(33)53)73-31-10(3-45)65-37(71-29)23(58)16(31)51/h8-63H,1-7H2/t8-,9-,10-,11-,12-,13-,14+,15-,16-,17+,18-,19+,20+,21+,22-,23-,24+,25-,26+,27+,28+,29-,30-,31-,32-,33-,34-,35-,36-,37-,38-,39-,40-,41-,42-/m1/s1. The van der Waals surface area contributed by atoms with Gasteiger partial charge in [-0.25, -0.2) is 0 Å². The average Bonchev–Trinajstić information content (AvgIpc) is 3.45. The second-order valence-corrected chi connectivity index (χ2v) is 19.7. The Hall–Kier alpha value is -1.40. The Morgan fingerprint density at radius 1 is 0.156 bits per heavy atom. The first-order valence-electron chi connectivity index (χ1n) is 24.6. The van der Waals surface area contributed by atoms with Crippen LogP contribution in [-0.2, 0) is 66.3 Å². The molecule has 35 heteroatoms. The molecule has 35 nitrogen and oxygen atoms in total. The van der Waals surface area contributed by atoms with Gasteiger partial charge >= 0.3 is 0 Å². The SMILES string of the molecule is OC[C@@H]1O[C@@H]2O[C@H]3[C@H](O)[C@@H](O)[C@@H](O[C@H]4[C@H](O)[C@@H](O)[C@@H](O[C@H]5[C@H](O)[C@@H](O)[C@@H](O[C@H]6[C@@H](O)[C@H](O)[C@@H](O[C@H]7[C@@H](O)[C@H](O)[C@@H](O[C@H]8[C@@H](O)[C@H](O)[C@@H](O[C@H]1[C@@H](O)[C@@H]2O)O[C@@H]8CO)O[C@@H]7CO)O[C@@H]6CO)O[C@@H]5CO)O[C@@H]4CO)O[C@@H]3CO. The Morgan fingerprint density at radius 3 is 0.351 bits per heavy atom. The molecule has 77 heavy (non-hydrogen) atoms. The van der Waals surface area contributed by atoms with E-state index in [4.69, 9.17) is 66.3 Å². The second-order valence-electron chi connectivity index (χ2n) is 19.7. The zero-order valence-electron chi connectivity index (χ0n) is 40.3. The molecular weight excluding hydrogens is 1060 g/mol. The second kappa shape index (κ2) is 26.0. The summed E-state index contributed by atoms with van der Waals surface area (Å²) in [5.41, 5.74) is 0. The lowest BCUT2D eigenvalue weighted by Gasteiger charge is -2.50. The van der Waals surface area contributed by atoms with Crippen molar-refractivity contribution < 1.29 is 174 Å². The van der Waals surface area contributed by atoms with Crippen molar-refractivity contribution in [1.82, 2.24) is 0 Å². The van der Waals surface area contributed by atoms with Crippen LogP contribution in [0.3, 0.4) is 0 Å². The topological polar surface area (TPSA) is 554 Å². The molecule has 0 unspecified atom stereocenters. The van der Waals surface area contributed by atoms with Crippen LogP contribution >= 0.6 is 0 Å². The van der Waals surface area contributed by atoms with Crippen LogP contribution in [0.2, 0.25) is 0 Å². The zero-order valence-corrected chi connectivity index (χ0v) is 40.3. The molecule has 0 aromatic carbocycles. The summed E-state index contributed by atoms with van der Waals surface area (Å²) in [4.78, 5) is 0. The molecule has 0 aliphatic carbocycles. The molecule has 0 aromatic rings. The Morgan fingerprint density at radius 2 is 0.260 bits per heavy atom. The number of hydrogen-bond acceptors (Lipinski definition) is 35. The van der Waals surface area contributed by atoms with Gasteiger partial charge in [0.1, 0.15) is 171 Å². The fourth-order valence-electron chi connectivity index (χ4n) is 10.4. The molecule has 21 saturated heterocycles. The Bertz CT molecular complexity index is 1470. The van der Waals surface area contributed by atoms with Gasteiger partial charge in [-0.05, 0) is 0 Å². The van der Waals surface area contributed by atoms with Crippen molar-refractivity contribution in [2.45, 2.75) is 215 Å². The highest BCUT2D eigenvalue weighted by atomic mass is 16.8. The number of aliphatic hydroxyl groups excluding tert-OH is 21.